The largest absolute Gasteiger partial charge is 0.479 e. The number of amides is 2. The molecule has 2 N–H and O–H groups in total. The minimum Gasteiger partial charge on any atom is -0.479 e. The fourth-order valence-electron chi connectivity index (χ4n) is 1.86. The van der Waals surface area contributed by atoms with E-state index in [0.29, 0.717) is 11.4 Å². The predicted octanol–water partition coefficient (Wildman–Crippen LogP) is 0.904. The van der Waals surface area contributed by atoms with Crippen LogP contribution in [0, 0.1) is 0 Å². The van der Waals surface area contributed by atoms with Gasteiger partial charge in [-0.3, -0.25) is 9.59 Å². The van der Waals surface area contributed by atoms with Crippen molar-refractivity contribution >= 4 is 17.8 Å². The minimum atomic E-state index is -1.19. The third kappa shape index (κ3) is 3.07. The van der Waals surface area contributed by atoms with Gasteiger partial charge in [-0.05, 0) is 18.6 Å². The fourth-order valence-corrected chi connectivity index (χ4v) is 1.86. The first-order valence-electron chi connectivity index (χ1n) is 6.34. The van der Waals surface area contributed by atoms with E-state index in [9.17, 15) is 14.4 Å². The molecule has 1 aromatic carbocycles. The number of hydrazine groups is 1. The summed E-state index contributed by atoms with van der Waals surface area (Å²) in [5.41, 5.74) is 2.50. The maximum atomic E-state index is 11.9. The van der Waals surface area contributed by atoms with Gasteiger partial charge in [0, 0.05) is 0 Å². The maximum absolute atomic E-state index is 11.9. The normalized spacial score (nSPS) is 15.2. The van der Waals surface area contributed by atoms with Crippen molar-refractivity contribution in [3.8, 4) is 0 Å². The molecule has 21 heavy (non-hydrogen) atoms. The maximum Gasteiger partial charge on any atom is 0.336 e. The van der Waals surface area contributed by atoms with E-state index in [0.717, 1.165) is 0 Å². The van der Waals surface area contributed by atoms with Gasteiger partial charge in [-0.25, -0.2) is 9.68 Å². The second kappa shape index (κ2) is 6.44. The van der Waals surface area contributed by atoms with Crippen LogP contribution in [0.2, 0.25) is 0 Å². The van der Waals surface area contributed by atoms with E-state index in [1.54, 1.807) is 19.1 Å². The lowest BCUT2D eigenvalue weighted by Crippen LogP contribution is -2.43. The van der Waals surface area contributed by atoms with Crippen LogP contribution in [0.5, 0.6) is 0 Å². The molecule has 1 aliphatic rings. The van der Waals surface area contributed by atoms with Crippen molar-refractivity contribution in [2.24, 2.45) is 0 Å². The van der Waals surface area contributed by atoms with Crippen LogP contribution in [0.3, 0.4) is 0 Å². The molecular weight excluding hydrogens is 280 g/mol. The Hall–Kier alpha value is -2.29. The van der Waals surface area contributed by atoms with Crippen LogP contribution in [0.1, 0.15) is 40.5 Å². The zero-order valence-corrected chi connectivity index (χ0v) is 11.2. The number of imide groups is 1. The highest BCUT2D eigenvalue weighted by atomic mass is 17.3. The van der Waals surface area contributed by atoms with Gasteiger partial charge < -0.3 is 5.11 Å². The first-order valence-corrected chi connectivity index (χ1v) is 6.34. The van der Waals surface area contributed by atoms with Crippen molar-refractivity contribution < 1.29 is 29.4 Å². The third-order valence-corrected chi connectivity index (χ3v) is 2.91. The molecule has 1 heterocycles. The van der Waals surface area contributed by atoms with Crippen molar-refractivity contribution in [1.82, 2.24) is 10.6 Å². The van der Waals surface area contributed by atoms with Gasteiger partial charge in [0.25, 0.3) is 11.8 Å². The summed E-state index contributed by atoms with van der Waals surface area (Å²) in [7, 11) is 0. The Bertz CT molecular complexity index is 539. The van der Waals surface area contributed by atoms with Crippen molar-refractivity contribution in [2.45, 2.75) is 25.9 Å². The molecule has 1 atom stereocenters. The molecule has 112 valence electrons. The zero-order chi connectivity index (χ0) is 15.4. The van der Waals surface area contributed by atoms with Crippen LogP contribution in [-0.2, 0) is 14.7 Å². The Balaban J connectivity index is 1.95. The number of hydrogen-bond acceptors (Lipinski definition) is 6. The van der Waals surface area contributed by atoms with Crippen LogP contribution < -0.4 is 5.59 Å². The quantitative estimate of drug-likeness (QED) is 0.437. The molecule has 0 aliphatic carbocycles. The van der Waals surface area contributed by atoms with Crippen LogP contribution in [-0.4, -0.2) is 34.0 Å². The summed E-state index contributed by atoms with van der Waals surface area (Å²) in [5, 5.41) is 9.48. The zero-order valence-electron chi connectivity index (χ0n) is 11.2. The number of benzene rings is 1. The number of carbonyl (C=O) groups excluding carboxylic acids is 2. The highest BCUT2D eigenvalue weighted by molar-refractivity contribution is 6.20. The summed E-state index contributed by atoms with van der Waals surface area (Å²) >= 11 is 0. The summed E-state index contributed by atoms with van der Waals surface area (Å²) in [6.07, 6.45) is -0.371. The average Bonchev–Trinajstić information content (AvgIpc) is 2.71. The Morgan fingerprint density at radius 3 is 2.33 bits per heavy atom. The lowest BCUT2D eigenvalue weighted by atomic mass is 10.1. The van der Waals surface area contributed by atoms with E-state index in [1.807, 2.05) is 5.59 Å². The summed E-state index contributed by atoms with van der Waals surface area (Å²) < 4.78 is 0. The number of aliphatic carboxylic acids is 1. The average molecular weight is 294 g/mol. The van der Waals surface area contributed by atoms with Gasteiger partial charge in [0.15, 0.2) is 6.10 Å². The van der Waals surface area contributed by atoms with E-state index in [4.69, 9.17) is 5.11 Å². The van der Waals surface area contributed by atoms with Crippen LogP contribution in [0.4, 0.5) is 0 Å². The third-order valence-electron chi connectivity index (χ3n) is 2.91. The monoisotopic (exact) mass is 294 g/mol. The number of rotatable bonds is 7. The summed E-state index contributed by atoms with van der Waals surface area (Å²) in [5.74, 6) is -2.39. The molecule has 0 spiro atoms. The summed E-state index contributed by atoms with van der Waals surface area (Å²) in [6, 6.07) is 6.28. The molecule has 0 radical (unpaired) electrons. The summed E-state index contributed by atoms with van der Waals surface area (Å²) in [4.78, 5) is 43.9. The highest BCUT2D eigenvalue weighted by Gasteiger charge is 2.36. The molecule has 0 saturated carbocycles. The van der Waals surface area contributed by atoms with E-state index in [2.05, 4.69) is 9.88 Å². The topological polar surface area (TPSA) is 105 Å². The Morgan fingerprint density at radius 2 is 1.86 bits per heavy atom. The van der Waals surface area contributed by atoms with Crippen molar-refractivity contribution in [1.29, 1.82) is 0 Å². The van der Waals surface area contributed by atoms with Gasteiger partial charge >= 0.3 is 5.97 Å². The molecule has 1 aliphatic heterocycles. The van der Waals surface area contributed by atoms with Crippen LogP contribution in [0.15, 0.2) is 24.3 Å². The van der Waals surface area contributed by atoms with Gasteiger partial charge in [0.1, 0.15) is 0 Å². The lowest BCUT2D eigenvalue weighted by Gasteiger charge is -2.16. The lowest BCUT2D eigenvalue weighted by molar-refractivity contribution is -0.376. The molecular formula is C13H14N2O6. The number of carboxylic acid groups (broad SMARTS) is 1. The van der Waals surface area contributed by atoms with Crippen LogP contribution >= 0.6 is 0 Å². The molecule has 0 bridgehead atoms. The Morgan fingerprint density at radius 1 is 1.29 bits per heavy atom. The SMILES string of the molecule is CCCC(OONN1C(=O)c2ccccc2C1=O)C(=O)O. The second-order valence-corrected chi connectivity index (χ2v) is 4.38. The smallest absolute Gasteiger partial charge is 0.336 e. The van der Waals surface area contributed by atoms with Gasteiger partial charge in [-0.1, -0.05) is 31.1 Å². The molecule has 0 fully saturated rings. The Kier molecular flexibility index (Phi) is 4.63. The van der Waals surface area contributed by atoms with Crippen molar-refractivity contribution in [3.05, 3.63) is 35.4 Å². The highest BCUT2D eigenvalue weighted by Crippen LogP contribution is 2.20. The number of fused-ring (bicyclic) bond motifs is 1. The van der Waals surface area contributed by atoms with E-state index in [-0.39, 0.29) is 17.5 Å². The number of hydrogen-bond donors (Lipinski definition) is 2. The van der Waals surface area contributed by atoms with Gasteiger partial charge in [-0.2, -0.15) is 5.01 Å². The van der Waals surface area contributed by atoms with Gasteiger partial charge in [-0.15, -0.1) is 4.99 Å². The second-order valence-electron chi connectivity index (χ2n) is 4.38. The van der Waals surface area contributed by atoms with E-state index >= 15 is 0 Å². The molecule has 8 heteroatoms. The number of nitrogens with zero attached hydrogens (tertiary/aromatic N) is 1. The minimum absolute atomic E-state index is 0.235. The number of carbonyl (C=O) groups is 3. The van der Waals surface area contributed by atoms with Gasteiger partial charge in [0.2, 0.25) is 0 Å². The van der Waals surface area contributed by atoms with Gasteiger partial charge in [0.05, 0.1) is 11.1 Å². The number of nitrogens with one attached hydrogen (secondary N) is 1. The molecule has 2 rings (SSSR count). The number of carboxylic acids is 1. The van der Waals surface area contributed by atoms with Crippen molar-refractivity contribution in [2.75, 3.05) is 0 Å². The first kappa shape index (κ1) is 15.1. The van der Waals surface area contributed by atoms with Crippen LogP contribution in [0.25, 0.3) is 0 Å². The predicted molar refractivity (Wildman–Crippen MR) is 68.6 cm³/mol. The molecule has 0 saturated heterocycles. The molecule has 8 nitrogen and oxygen atoms in total. The van der Waals surface area contributed by atoms with Crippen molar-refractivity contribution in [3.63, 3.8) is 0 Å². The van der Waals surface area contributed by atoms with E-state index in [1.165, 1.54) is 12.1 Å². The summed E-state index contributed by atoms with van der Waals surface area (Å²) in [6.45, 7) is 1.79. The fraction of sp³-hybridized carbons (Fsp3) is 0.308. The molecule has 0 aromatic heterocycles. The molecule has 1 aromatic rings. The first-order chi connectivity index (χ1) is 10.1. The van der Waals surface area contributed by atoms with E-state index < -0.39 is 23.9 Å². The standard InChI is InChI=1S/C13H14N2O6/c1-2-5-10(13(18)19)20-21-14-15-11(16)8-6-3-4-7-9(8)12(15)17/h3-4,6-7,10,14H,2,5H2,1H3,(H,18,19). The molecule has 1 unspecified atom stereocenters. The molecule has 2 amide bonds. The Labute approximate surface area is 120 Å².